The SMILES string of the molecule is N1[Si][Si][Si]1. The van der Waals surface area contributed by atoms with Gasteiger partial charge in [0.1, 0.15) is 18.4 Å². The van der Waals surface area contributed by atoms with Crippen LogP contribution in [0.2, 0.25) is 0 Å². The molecule has 1 aliphatic rings. The minimum Gasteiger partial charge on any atom is -0.369 e. The van der Waals surface area contributed by atoms with Gasteiger partial charge in [0, 0.05) is 0 Å². The summed E-state index contributed by atoms with van der Waals surface area (Å²) in [6, 6.07) is 0. The van der Waals surface area contributed by atoms with Crippen LogP contribution < -0.4 is 4.65 Å². The van der Waals surface area contributed by atoms with Crippen molar-refractivity contribution < 1.29 is 0 Å². The second kappa shape index (κ2) is 1.16. The molecule has 0 saturated carbocycles. The normalized spacial score (nSPS) is 24.0. The highest BCUT2D eigenvalue weighted by atomic mass is 29.6. The van der Waals surface area contributed by atoms with Gasteiger partial charge < -0.3 is 4.65 Å². The lowest BCUT2D eigenvalue weighted by Crippen LogP contribution is -2.47. The summed E-state index contributed by atoms with van der Waals surface area (Å²) < 4.78 is 3.18. The van der Waals surface area contributed by atoms with E-state index in [-0.39, 0.29) is 0 Å². The lowest BCUT2D eigenvalue weighted by Gasteiger charge is -2.04. The van der Waals surface area contributed by atoms with Crippen molar-refractivity contribution in [1.82, 2.24) is 4.65 Å². The molecule has 4 heteroatoms. The third kappa shape index (κ3) is 0.319. The molecule has 0 aromatic carbocycles. The first-order valence-electron chi connectivity index (χ1n) is 1.00. The molecule has 0 unspecified atom stereocenters. The van der Waals surface area contributed by atoms with Gasteiger partial charge in [-0.25, -0.2) is 0 Å². The summed E-state index contributed by atoms with van der Waals surface area (Å²) >= 11 is 0. The van der Waals surface area contributed by atoms with Crippen molar-refractivity contribution in [2.75, 3.05) is 0 Å². The maximum absolute atomic E-state index is 3.18. The number of hydrogen-bond acceptors (Lipinski definition) is 1. The lowest BCUT2D eigenvalue weighted by molar-refractivity contribution is 1.62. The van der Waals surface area contributed by atoms with Crippen LogP contribution in [0.5, 0.6) is 0 Å². The predicted octanol–water partition coefficient (Wildman–Crippen LogP) is -1.64. The Bertz CT molecular complexity index is 11.2. The van der Waals surface area contributed by atoms with E-state index >= 15 is 0 Å². The highest BCUT2D eigenvalue weighted by molar-refractivity contribution is 7.37. The van der Waals surface area contributed by atoms with Gasteiger partial charge in [-0.15, -0.1) is 0 Å². The van der Waals surface area contributed by atoms with Crippen molar-refractivity contribution in [2.24, 2.45) is 0 Å². The number of nitrogens with one attached hydrogen (secondary N) is 1. The highest BCUT2D eigenvalue weighted by Gasteiger charge is 1.99. The summed E-state index contributed by atoms with van der Waals surface area (Å²) in [4.78, 5) is 0. The molecule has 1 N–H and O–H groups in total. The van der Waals surface area contributed by atoms with Crippen molar-refractivity contribution in [3.63, 3.8) is 0 Å². The molecule has 0 aliphatic carbocycles. The van der Waals surface area contributed by atoms with Crippen molar-refractivity contribution >= 4 is 27.0 Å². The minimum atomic E-state index is 1.11. The van der Waals surface area contributed by atoms with Crippen LogP contribution in [0.3, 0.4) is 0 Å². The van der Waals surface area contributed by atoms with Crippen LogP contribution in [-0.2, 0) is 0 Å². The van der Waals surface area contributed by atoms with E-state index < -0.39 is 0 Å². The van der Waals surface area contributed by atoms with E-state index in [2.05, 4.69) is 4.65 Å². The molecule has 0 bridgehead atoms. The molecule has 1 heterocycles. The monoisotopic (exact) mass is 98.9 g/mol. The summed E-state index contributed by atoms with van der Waals surface area (Å²) in [5.74, 6) is 0. The van der Waals surface area contributed by atoms with Gasteiger partial charge in [0.15, 0.2) is 0 Å². The van der Waals surface area contributed by atoms with Gasteiger partial charge in [-0.2, -0.15) is 0 Å². The van der Waals surface area contributed by atoms with Crippen molar-refractivity contribution in [2.45, 2.75) is 0 Å². The summed E-state index contributed by atoms with van der Waals surface area (Å²) in [6.07, 6.45) is 0. The summed E-state index contributed by atoms with van der Waals surface area (Å²) in [5.41, 5.74) is 0. The first kappa shape index (κ1) is 2.83. The zero-order valence-electron chi connectivity index (χ0n) is 2.00. The van der Waals surface area contributed by atoms with E-state index in [1.54, 1.807) is 0 Å². The van der Waals surface area contributed by atoms with Crippen LogP contribution in [-0.4, -0.2) is 27.0 Å². The Labute approximate surface area is 32.4 Å². The standard InChI is InChI=1S/HNSi3/c1-2-4-3-1/h1H. The van der Waals surface area contributed by atoms with Gasteiger partial charge in [-0.3, -0.25) is 0 Å². The Kier molecular flexibility index (Phi) is 0.818. The number of hydrogen-bond donors (Lipinski definition) is 1. The molecule has 1 saturated heterocycles. The fraction of sp³-hybridized carbons (Fsp3) is 0. The first-order valence-corrected chi connectivity index (χ1v) is 6.00. The molecule has 0 atom stereocenters. The van der Waals surface area contributed by atoms with Crippen LogP contribution >= 0.6 is 0 Å². The molecule has 6 radical (unpaired) electrons. The Hall–Kier alpha value is 0.611. The molecule has 0 amide bonds. The van der Waals surface area contributed by atoms with Crippen LogP contribution in [0, 0.1) is 0 Å². The van der Waals surface area contributed by atoms with Crippen LogP contribution in [0.1, 0.15) is 0 Å². The lowest BCUT2D eigenvalue weighted by atomic mass is 13.9. The Morgan fingerprint density at radius 1 is 1.25 bits per heavy atom. The molecule has 1 aliphatic heterocycles. The first-order chi connectivity index (χ1) is 2.00. The van der Waals surface area contributed by atoms with E-state index in [1.165, 1.54) is 8.55 Å². The largest absolute Gasteiger partial charge is 0.369 e. The molecule has 0 spiro atoms. The maximum Gasteiger partial charge on any atom is 0.107 e. The smallest absolute Gasteiger partial charge is 0.107 e. The van der Waals surface area contributed by atoms with Crippen LogP contribution in [0.15, 0.2) is 0 Å². The van der Waals surface area contributed by atoms with Crippen molar-refractivity contribution in [3.8, 4) is 0 Å². The van der Waals surface area contributed by atoms with Crippen molar-refractivity contribution in [3.05, 3.63) is 0 Å². The van der Waals surface area contributed by atoms with Gasteiger partial charge in [0.2, 0.25) is 0 Å². The second-order valence-electron chi connectivity index (χ2n) is 0.500. The van der Waals surface area contributed by atoms with Gasteiger partial charge in [0.05, 0.1) is 8.55 Å². The van der Waals surface area contributed by atoms with Gasteiger partial charge in [-0.05, 0) is 0 Å². The Morgan fingerprint density at radius 3 is 1.50 bits per heavy atom. The summed E-state index contributed by atoms with van der Waals surface area (Å²) in [5, 5.41) is 0. The van der Waals surface area contributed by atoms with E-state index in [0.717, 1.165) is 18.4 Å². The van der Waals surface area contributed by atoms with Gasteiger partial charge >= 0.3 is 0 Å². The third-order valence-electron chi connectivity index (χ3n) is 0.250. The average Bonchev–Trinajstić information content (AvgIpc) is 0.722. The zero-order valence-corrected chi connectivity index (χ0v) is 5.00. The summed E-state index contributed by atoms with van der Waals surface area (Å²) in [7, 11) is 3.49. The molecule has 1 rings (SSSR count). The van der Waals surface area contributed by atoms with Crippen LogP contribution in [0.4, 0.5) is 0 Å². The predicted molar refractivity (Wildman–Crippen MR) is 20.4 cm³/mol. The van der Waals surface area contributed by atoms with Crippen molar-refractivity contribution in [1.29, 1.82) is 0 Å². The fourth-order valence-corrected chi connectivity index (χ4v) is 1.69. The van der Waals surface area contributed by atoms with E-state index in [1.807, 2.05) is 0 Å². The molecule has 0 aromatic heterocycles. The molecule has 1 nitrogen and oxygen atoms in total. The maximum atomic E-state index is 3.18. The van der Waals surface area contributed by atoms with Gasteiger partial charge in [-0.1, -0.05) is 0 Å². The molecule has 18 valence electrons. The number of rotatable bonds is 0. The topological polar surface area (TPSA) is 12.0 Å². The quantitative estimate of drug-likeness (QED) is 0.359. The Balaban J connectivity index is 2.00. The van der Waals surface area contributed by atoms with E-state index in [0.29, 0.717) is 0 Å². The van der Waals surface area contributed by atoms with Gasteiger partial charge in [0.25, 0.3) is 0 Å². The zero-order chi connectivity index (χ0) is 2.83. The fourth-order valence-electron chi connectivity index (χ4n) is 0.0625. The van der Waals surface area contributed by atoms with Crippen LogP contribution in [0.25, 0.3) is 0 Å². The Morgan fingerprint density at radius 2 is 1.50 bits per heavy atom. The molecular weight excluding hydrogens is 98.3 g/mol. The molecule has 0 aromatic rings. The molecule has 1 fully saturated rings. The van der Waals surface area contributed by atoms with E-state index in [9.17, 15) is 0 Å². The average molecular weight is 99.3 g/mol. The highest BCUT2D eigenvalue weighted by Crippen LogP contribution is 1.55. The van der Waals surface area contributed by atoms with E-state index in [4.69, 9.17) is 0 Å². The molecular formula is HNSi3. The second-order valence-corrected chi connectivity index (χ2v) is 6.75. The minimum absolute atomic E-state index is 1.11. The molecule has 4 heavy (non-hydrogen) atoms. The third-order valence-corrected chi connectivity index (χ3v) is 6.75. The summed E-state index contributed by atoms with van der Waals surface area (Å²) in [6.45, 7) is 0.